The van der Waals surface area contributed by atoms with Crippen molar-refractivity contribution in [1.29, 1.82) is 0 Å². The Morgan fingerprint density at radius 1 is 1.39 bits per heavy atom. The van der Waals surface area contributed by atoms with E-state index in [1.807, 2.05) is 4.90 Å². The van der Waals surface area contributed by atoms with Gasteiger partial charge in [0.15, 0.2) is 0 Å². The molecular formula is C10H16ClN5O2. The molecule has 8 heteroatoms. The van der Waals surface area contributed by atoms with E-state index in [1.54, 1.807) is 6.92 Å². The summed E-state index contributed by atoms with van der Waals surface area (Å²) < 4.78 is 5.27. The minimum Gasteiger partial charge on any atom is -0.392 e. The zero-order valence-electron chi connectivity index (χ0n) is 10.1. The molecule has 0 radical (unpaired) electrons. The van der Waals surface area contributed by atoms with Crippen molar-refractivity contribution in [3.8, 4) is 0 Å². The normalized spacial score (nSPS) is 17.6. The summed E-state index contributed by atoms with van der Waals surface area (Å²) in [6, 6.07) is 0. The molecule has 7 nitrogen and oxygen atoms in total. The highest BCUT2D eigenvalue weighted by Crippen LogP contribution is 2.14. The largest absolute Gasteiger partial charge is 0.392 e. The first-order valence-corrected chi connectivity index (χ1v) is 6.19. The molecule has 1 aliphatic rings. The third kappa shape index (κ3) is 3.66. The number of hydrogen-bond acceptors (Lipinski definition) is 7. The van der Waals surface area contributed by atoms with E-state index in [0.29, 0.717) is 31.7 Å². The lowest BCUT2D eigenvalue weighted by molar-refractivity contribution is 0.122. The fourth-order valence-corrected chi connectivity index (χ4v) is 1.72. The molecule has 1 saturated heterocycles. The van der Waals surface area contributed by atoms with Crippen LogP contribution in [0.4, 0.5) is 11.9 Å². The number of ether oxygens (including phenoxy) is 1. The summed E-state index contributed by atoms with van der Waals surface area (Å²) in [5, 5.41) is 12.3. The number of hydrogen-bond donors (Lipinski definition) is 2. The van der Waals surface area contributed by atoms with Gasteiger partial charge in [-0.3, -0.25) is 0 Å². The second kappa shape index (κ2) is 6.12. The monoisotopic (exact) mass is 273 g/mol. The average molecular weight is 274 g/mol. The van der Waals surface area contributed by atoms with Crippen LogP contribution in [0.3, 0.4) is 0 Å². The van der Waals surface area contributed by atoms with Crippen LogP contribution in [0.15, 0.2) is 0 Å². The van der Waals surface area contributed by atoms with Gasteiger partial charge in [-0.15, -0.1) is 0 Å². The molecule has 0 spiro atoms. The number of aromatic nitrogens is 3. The number of nitrogens with zero attached hydrogens (tertiary/aromatic N) is 4. The van der Waals surface area contributed by atoms with Crippen molar-refractivity contribution in [2.45, 2.75) is 13.0 Å². The Morgan fingerprint density at radius 2 is 2.11 bits per heavy atom. The zero-order chi connectivity index (χ0) is 13.0. The van der Waals surface area contributed by atoms with E-state index in [1.165, 1.54) is 0 Å². The van der Waals surface area contributed by atoms with Gasteiger partial charge in [-0.05, 0) is 18.5 Å². The van der Waals surface area contributed by atoms with Gasteiger partial charge in [0.25, 0.3) is 0 Å². The summed E-state index contributed by atoms with van der Waals surface area (Å²) in [4.78, 5) is 14.3. The molecule has 0 aromatic carbocycles. The maximum Gasteiger partial charge on any atom is 0.231 e. The molecule has 0 saturated carbocycles. The Balaban J connectivity index is 2.09. The first-order valence-electron chi connectivity index (χ1n) is 5.81. The van der Waals surface area contributed by atoms with Crippen LogP contribution in [-0.2, 0) is 4.74 Å². The van der Waals surface area contributed by atoms with Crippen LogP contribution in [0.5, 0.6) is 0 Å². The number of nitrogens with one attached hydrogen (secondary N) is 1. The van der Waals surface area contributed by atoms with Gasteiger partial charge in [-0.25, -0.2) is 0 Å². The lowest BCUT2D eigenvalue weighted by Gasteiger charge is -2.26. The zero-order valence-corrected chi connectivity index (χ0v) is 10.9. The second-order valence-corrected chi connectivity index (χ2v) is 4.40. The van der Waals surface area contributed by atoms with Gasteiger partial charge >= 0.3 is 0 Å². The lowest BCUT2D eigenvalue weighted by Crippen LogP contribution is -2.37. The summed E-state index contributed by atoms with van der Waals surface area (Å²) in [6.07, 6.45) is -0.479. The molecule has 0 bridgehead atoms. The maximum absolute atomic E-state index is 9.21. The quantitative estimate of drug-likeness (QED) is 0.808. The predicted octanol–water partition coefficient (Wildman–Crippen LogP) is 0.154. The molecule has 2 rings (SSSR count). The topological polar surface area (TPSA) is 83.4 Å². The molecule has 1 unspecified atom stereocenters. The molecule has 1 aromatic heterocycles. The molecule has 100 valence electrons. The first kappa shape index (κ1) is 13.3. The first-order chi connectivity index (χ1) is 8.65. The van der Waals surface area contributed by atoms with Gasteiger partial charge in [0, 0.05) is 19.6 Å². The standard InChI is InChI=1S/C10H16ClN5O2/c1-7(17)6-12-9-13-8(11)14-10(15-9)16-2-4-18-5-3-16/h7,17H,2-6H2,1H3,(H,12,13,14,15). The number of aliphatic hydroxyl groups is 1. The van der Waals surface area contributed by atoms with Crippen LogP contribution in [0.2, 0.25) is 5.28 Å². The van der Waals surface area contributed by atoms with Crippen LogP contribution in [-0.4, -0.2) is 59.0 Å². The molecule has 1 aliphatic heterocycles. The van der Waals surface area contributed by atoms with Crippen LogP contribution in [0, 0.1) is 0 Å². The Bertz CT molecular complexity index is 398. The highest BCUT2D eigenvalue weighted by molar-refractivity contribution is 6.28. The molecular weight excluding hydrogens is 258 g/mol. The Hall–Kier alpha value is -1.18. The van der Waals surface area contributed by atoms with E-state index in [-0.39, 0.29) is 5.28 Å². The summed E-state index contributed by atoms with van der Waals surface area (Å²) in [5.74, 6) is 0.906. The van der Waals surface area contributed by atoms with E-state index < -0.39 is 6.10 Å². The van der Waals surface area contributed by atoms with Gasteiger partial charge in [0.1, 0.15) is 0 Å². The predicted molar refractivity (Wildman–Crippen MR) is 68.0 cm³/mol. The van der Waals surface area contributed by atoms with Gasteiger partial charge < -0.3 is 20.1 Å². The lowest BCUT2D eigenvalue weighted by atomic mass is 10.4. The van der Waals surface area contributed by atoms with Gasteiger partial charge in [-0.2, -0.15) is 15.0 Å². The van der Waals surface area contributed by atoms with E-state index in [2.05, 4.69) is 20.3 Å². The average Bonchev–Trinajstić information content (AvgIpc) is 2.37. The maximum atomic E-state index is 9.21. The Labute approximate surface area is 110 Å². The van der Waals surface area contributed by atoms with E-state index in [9.17, 15) is 5.11 Å². The van der Waals surface area contributed by atoms with Crippen molar-refractivity contribution in [2.24, 2.45) is 0 Å². The summed E-state index contributed by atoms with van der Waals surface area (Å²) in [6.45, 7) is 4.81. The summed E-state index contributed by atoms with van der Waals surface area (Å²) in [5.41, 5.74) is 0. The van der Waals surface area contributed by atoms with Crippen LogP contribution in [0.1, 0.15) is 6.92 Å². The molecule has 1 atom stereocenters. The van der Waals surface area contributed by atoms with Crippen molar-refractivity contribution in [1.82, 2.24) is 15.0 Å². The molecule has 1 fully saturated rings. The SMILES string of the molecule is CC(O)CNc1nc(Cl)nc(N2CCOCC2)n1. The Morgan fingerprint density at radius 3 is 2.78 bits per heavy atom. The third-order valence-electron chi connectivity index (χ3n) is 2.45. The van der Waals surface area contributed by atoms with Crippen molar-refractivity contribution in [3.63, 3.8) is 0 Å². The van der Waals surface area contributed by atoms with Gasteiger partial charge in [0.2, 0.25) is 17.2 Å². The highest BCUT2D eigenvalue weighted by Gasteiger charge is 2.16. The molecule has 0 amide bonds. The van der Waals surface area contributed by atoms with Crippen LogP contribution in [0.25, 0.3) is 0 Å². The smallest absolute Gasteiger partial charge is 0.231 e. The van der Waals surface area contributed by atoms with Crippen molar-refractivity contribution in [2.75, 3.05) is 43.1 Å². The van der Waals surface area contributed by atoms with Gasteiger partial charge in [-0.1, -0.05) is 0 Å². The highest BCUT2D eigenvalue weighted by atomic mass is 35.5. The second-order valence-electron chi connectivity index (χ2n) is 4.06. The van der Waals surface area contributed by atoms with Crippen molar-refractivity contribution >= 4 is 23.5 Å². The molecule has 2 heterocycles. The minimum atomic E-state index is -0.479. The van der Waals surface area contributed by atoms with E-state index in [4.69, 9.17) is 16.3 Å². The number of halogens is 1. The number of anilines is 2. The fraction of sp³-hybridized carbons (Fsp3) is 0.700. The molecule has 1 aromatic rings. The number of morpholine rings is 1. The minimum absolute atomic E-state index is 0.139. The van der Waals surface area contributed by atoms with E-state index in [0.717, 1.165) is 13.1 Å². The van der Waals surface area contributed by atoms with Crippen molar-refractivity contribution in [3.05, 3.63) is 5.28 Å². The van der Waals surface area contributed by atoms with Crippen LogP contribution < -0.4 is 10.2 Å². The Kier molecular flexibility index (Phi) is 4.51. The number of aliphatic hydroxyl groups excluding tert-OH is 1. The van der Waals surface area contributed by atoms with Crippen molar-refractivity contribution < 1.29 is 9.84 Å². The number of rotatable bonds is 4. The molecule has 2 N–H and O–H groups in total. The molecule has 0 aliphatic carbocycles. The summed E-state index contributed by atoms with van der Waals surface area (Å²) in [7, 11) is 0. The molecule has 18 heavy (non-hydrogen) atoms. The van der Waals surface area contributed by atoms with Gasteiger partial charge in [0.05, 0.1) is 19.3 Å². The summed E-state index contributed by atoms with van der Waals surface area (Å²) >= 11 is 5.86. The van der Waals surface area contributed by atoms with E-state index >= 15 is 0 Å². The fourth-order valence-electron chi connectivity index (χ4n) is 1.56. The third-order valence-corrected chi connectivity index (χ3v) is 2.61. The van der Waals surface area contributed by atoms with Crippen LogP contribution >= 0.6 is 11.6 Å².